The summed E-state index contributed by atoms with van der Waals surface area (Å²) in [6.07, 6.45) is 12.1. The molecular weight excluding hydrogens is 346 g/mol. The molecule has 0 radical (unpaired) electrons. The second-order valence-electron chi connectivity index (χ2n) is 8.21. The van der Waals surface area contributed by atoms with Gasteiger partial charge in [-0.2, -0.15) is 0 Å². The summed E-state index contributed by atoms with van der Waals surface area (Å²) in [5, 5.41) is 1.10. The van der Waals surface area contributed by atoms with Crippen molar-refractivity contribution in [2.45, 2.75) is 44.2 Å². The number of benzene rings is 2. The van der Waals surface area contributed by atoms with Crippen molar-refractivity contribution in [3.63, 3.8) is 0 Å². The van der Waals surface area contributed by atoms with E-state index >= 15 is 0 Å². The van der Waals surface area contributed by atoms with Crippen molar-refractivity contribution < 1.29 is 9.15 Å². The number of allylic oxidation sites excluding steroid dienone is 2. The summed E-state index contributed by atoms with van der Waals surface area (Å²) in [5.74, 6) is 2.03. The van der Waals surface area contributed by atoms with Crippen LogP contribution in [0.5, 0.6) is 5.75 Å². The van der Waals surface area contributed by atoms with Crippen LogP contribution < -0.4 is 10.5 Å². The molecule has 5 rings (SSSR count). The Balaban J connectivity index is 1.21. The van der Waals surface area contributed by atoms with Gasteiger partial charge in [-0.05, 0) is 67.2 Å². The zero-order chi connectivity index (χ0) is 18.9. The Morgan fingerprint density at radius 1 is 1.04 bits per heavy atom. The fraction of sp³-hybridized carbons (Fsp3) is 0.360. The number of aryl methyl sites for hydroxylation is 1. The summed E-state index contributed by atoms with van der Waals surface area (Å²) < 4.78 is 11.8. The fourth-order valence-corrected chi connectivity index (χ4v) is 4.50. The molecule has 2 aliphatic carbocycles. The first-order valence-corrected chi connectivity index (χ1v) is 10.4. The summed E-state index contributed by atoms with van der Waals surface area (Å²) >= 11 is 0. The van der Waals surface area contributed by atoms with Crippen LogP contribution in [-0.4, -0.2) is 6.10 Å². The molecule has 3 unspecified atom stereocenters. The van der Waals surface area contributed by atoms with E-state index in [2.05, 4.69) is 42.5 Å². The molecular formula is C25H27NO2. The third-order valence-electron chi connectivity index (χ3n) is 6.33. The Morgan fingerprint density at radius 2 is 1.89 bits per heavy atom. The van der Waals surface area contributed by atoms with Crippen LogP contribution in [0.1, 0.15) is 42.9 Å². The first kappa shape index (κ1) is 17.6. The van der Waals surface area contributed by atoms with Crippen molar-refractivity contribution >= 4 is 11.0 Å². The Morgan fingerprint density at radius 3 is 2.79 bits per heavy atom. The van der Waals surface area contributed by atoms with Gasteiger partial charge in [-0.1, -0.05) is 48.6 Å². The zero-order valence-corrected chi connectivity index (χ0v) is 16.1. The average Bonchev–Trinajstić information content (AvgIpc) is 3.13. The maximum Gasteiger partial charge on any atom is 0.175 e. The summed E-state index contributed by atoms with van der Waals surface area (Å²) in [6.45, 7) is 0. The molecule has 3 atom stereocenters. The molecule has 0 saturated heterocycles. The lowest BCUT2D eigenvalue weighted by atomic mass is 9.87. The molecule has 0 amide bonds. The number of furan rings is 1. The number of fused-ring (bicyclic) bond motifs is 1. The van der Waals surface area contributed by atoms with E-state index in [0.29, 0.717) is 17.9 Å². The van der Waals surface area contributed by atoms with Crippen LogP contribution in [0.15, 0.2) is 71.4 Å². The van der Waals surface area contributed by atoms with E-state index in [4.69, 9.17) is 14.9 Å². The monoisotopic (exact) mass is 373 g/mol. The van der Waals surface area contributed by atoms with Gasteiger partial charge in [0.05, 0.1) is 6.26 Å². The lowest BCUT2D eigenvalue weighted by Crippen LogP contribution is -2.21. The molecule has 1 fully saturated rings. The van der Waals surface area contributed by atoms with E-state index in [0.717, 1.165) is 48.8 Å². The number of hydrogen-bond acceptors (Lipinski definition) is 3. The second kappa shape index (κ2) is 7.48. The van der Waals surface area contributed by atoms with E-state index in [9.17, 15) is 0 Å². The van der Waals surface area contributed by atoms with Crippen LogP contribution in [0.4, 0.5) is 0 Å². The highest BCUT2D eigenvalue weighted by Gasteiger charge is 2.39. The SMILES string of the molecule is NC(c1ccccc1CCC1CC1Oc1cccc2ccoc12)C1CC=CC1. The molecule has 1 aromatic heterocycles. The molecule has 1 heterocycles. The van der Waals surface area contributed by atoms with Crippen molar-refractivity contribution in [2.75, 3.05) is 0 Å². The molecule has 2 aliphatic rings. The van der Waals surface area contributed by atoms with Gasteiger partial charge in [0.2, 0.25) is 0 Å². The van der Waals surface area contributed by atoms with Gasteiger partial charge in [0.15, 0.2) is 11.3 Å². The molecule has 1 saturated carbocycles. The second-order valence-corrected chi connectivity index (χ2v) is 8.21. The highest BCUT2D eigenvalue weighted by atomic mass is 16.5. The molecule has 2 N–H and O–H groups in total. The van der Waals surface area contributed by atoms with Gasteiger partial charge in [-0.3, -0.25) is 0 Å². The molecule has 0 aliphatic heterocycles. The molecule has 3 aromatic rings. The van der Waals surface area contributed by atoms with Crippen LogP contribution in [-0.2, 0) is 6.42 Å². The Labute approximate surface area is 166 Å². The maximum atomic E-state index is 6.62. The molecule has 28 heavy (non-hydrogen) atoms. The van der Waals surface area contributed by atoms with Crippen LogP contribution in [0.25, 0.3) is 11.0 Å². The minimum Gasteiger partial charge on any atom is -0.486 e. The van der Waals surface area contributed by atoms with Crippen molar-refractivity contribution in [3.05, 3.63) is 78.1 Å². The largest absolute Gasteiger partial charge is 0.486 e. The van der Waals surface area contributed by atoms with Gasteiger partial charge in [0.25, 0.3) is 0 Å². The third kappa shape index (κ3) is 3.47. The van der Waals surface area contributed by atoms with Gasteiger partial charge < -0.3 is 14.9 Å². The molecule has 3 heteroatoms. The highest BCUT2D eigenvalue weighted by Crippen LogP contribution is 2.41. The normalized spacial score (nSPS) is 22.6. The van der Waals surface area contributed by atoms with Gasteiger partial charge in [0.1, 0.15) is 6.10 Å². The third-order valence-corrected chi connectivity index (χ3v) is 6.33. The van der Waals surface area contributed by atoms with Gasteiger partial charge in [-0.25, -0.2) is 0 Å². The fourth-order valence-electron chi connectivity index (χ4n) is 4.50. The van der Waals surface area contributed by atoms with Gasteiger partial charge in [0, 0.05) is 11.4 Å². The number of para-hydroxylation sites is 1. The van der Waals surface area contributed by atoms with Crippen LogP contribution in [0.3, 0.4) is 0 Å². The predicted molar refractivity (Wildman–Crippen MR) is 112 cm³/mol. The molecule has 0 spiro atoms. The van der Waals surface area contributed by atoms with Crippen molar-refractivity contribution in [2.24, 2.45) is 17.6 Å². The highest BCUT2D eigenvalue weighted by molar-refractivity contribution is 5.82. The van der Waals surface area contributed by atoms with E-state index in [1.165, 1.54) is 11.1 Å². The smallest absolute Gasteiger partial charge is 0.175 e. The first-order valence-electron chi connectivity index (χ1n) is 10.4. The topological polar surface area (TPSA) is 48.4 Å². The van der Waals surface area contributed by atoms with E-state index in [1.807, 2.05) is 18.2 Å². The molecule has 3 nitrogen and oxygen atoms in total. The Bertz CT molecular complexity index is 981. The average molecular weight is 373 g/mol. The van der Waals surface area contributed by atoms with Crippen LogP contribution >= 0.6 is 0 Å². The minimum absolute atomic E-state index is 0.133. The minimum atomic E-state index is 0.133. The zero-order valence-electron chi connectivity index (χ0n) is 16.1. The predicted octanol–water partition coefficient (Wildman–Crippen LogP) is 5.80. The lowest BCUT2D eigenvalue weighted by Gasteiger charge is -2.22. The number of hydrogen-bond donors (Lipinski definition) is 1. The molecule has 2 aromatic carbocycles. The Kier molecular flexibility index (Phi) is 4.69. The Hall–Kier alpha value is -2.52. The summed E-state index contributed by atoms with van der Waals surface area (Å²) in [5.41, 5.74) is 10.2. The summed E-state index contributed by atoms with van der Waals surface area (Å²) in [4.78, 5) is 0. The van der Waals surface area contributed by atoms with Crippen molar-refractivity contribution in [3.8, 4) is 5.75 Å². The van der Waals surface area contributed by atoms with Crippen molar-refractivity contribution in [1.29, 1.82) is 0 Å². The van der Waals surface area contributed by atoms with Crippen LogP contribution in [0, 0.1) is 11.8 Å². The summed E-state index contributed by atoms with van der Waals surface area (Å²) in [7, 11) is 0. The van der Waals surface area contributed by atoms with E-state index in [-0.39, 0.29) is 6.04 Å². The quantitative estimate of drug-likeness (QED) is 0.533. The van der Waals surface area contributed by atoms with E-state index in [1.54, 1.807) is 6.26 Å². The number of ether oxygens (including phenoxy) is 1. The molecule has 0 bridgehead atoms. The van der Waals surface area contributed by atoms with E-state index < -0.39 is 0 Å². The van der Waals surface area contributed by atoms with Gasteiger partial charge >= 0.3 is 0 Å². The number of nitrogens with two attached hydrogens (primary N) is 1. The maximum absolute atomic E-state index is 6.62. The van der Waals surface area contributed by atoms with Gasteiger partial charge in [-0.15, -0.1) is 0 Å². The molecule has 144 valence electrons. The summed E-state index contributed by atoms with van der Waals surface area (Å²) in [6, 6.07) is 16.9. The lowest BCUT2D eigenvalue weighted by molar-refractivity contribution is 0.281. The number of rotatable bonds is 7. The first-order chi connectivity index (χ1) is 13.8. The standard InChI is InChI=1S/C25H27NO2/c26-24(18-7-1-2-8-18)21-10-4-3-6-17(21)12-13-20-16-23(20)28-22-11-5-9-19-14-15-27-25(19)22/h1-6,9-11,14-15,18,20,23-24H,7-8,12-13,16,26H2. The van der Waals surface area contributed by atoms with Crippen molar-refractivity contribution in [1.82, 2.24) is 0 Å². The van der Waals surface area contributed by atoms with Crippen LogP contribution in [0.2, 0.25) is 0 Å².